The predicted octanol–water partition coefficient (Wildman–Crippen LogP) is 2.21. The van der Waals surface area contributed by atoms with Crippen LogP contribution in [0, 0.1) is 11.8 Å². The van der Waals surface area contributed by atoms with Gasteiger partial charge in [0.1, 0.15) is 5.60 Å². The fourth-order valence-electron chi connectivity index (χ4n) is 1.07. The van der Waals surface area contributed by atoms with Gasteiger partial charge in [0.2, 0.25) is 0 Å². The Morgan fingerprint density at radius 2 is 1.73 bits per heavy atom. The zero-order valence-electron chi connectivity index (χ0n) is 10.9. The smallest absolute Gasteiger partial charge is 0.310 e. The molecule has 0 radical (unpaired) electrons. The summed E-state index contributed by atoms with van der Waals surface area (Å²) in [5, 5.41) is 3.25. The molecule has 90 valence electrons. The molecule has 0 aromatic rings. The molecule has 3 heteroatoms. The SMILES string of the molecule is CC(C)CNC[C@@H](C)C(=O)OC(C)(C)C. The van der Waals surface area contributed by atoms with Crippen LogP contribution in [0.15, 0.2) is 0 Å². The zero-order chi connectivity index (χ0) is 12.1. The Labute approximate surface area is 93.6 Å². The Morgan fingerprint density at radius 3 is 2.13 bits per heavy atom. The van der Waals surface area contributed by atoms with Gasteiger partial charge < -0.3 is 10.1 Å². The lowest BCUT2D eigenvalue weighted by atomic mass is 10.1. The van der Waals surface area contributed by atoms with Crippen molar-refractivity contribution < 1.29 is 9.53 Å². The summed E-state index contributed by atoms with van der Waals surface area (Å²) in [5.74, 6) is 0.401. The normalized spacial score (nSPS) is 14.1. The van der Waals surface area contributed by atoms with Gasteiger partial charge in [-0.3, -0.25) is 4.79 Å². The fraction of sp³-hybridized carbons (Fsp3) is 0.917. The van der Waals surface area contributed by atoms with E-state index in [9.17, 15) is 4.79 Å². The van der Waals surface area contributed by atoms with Gasteiger partial charge in [-0.2, -0.15) is 0 Å². The molecule has 0 saturated carbocycles. The third kappa shape index (κ3) is 8.43. The van der Waals surface area contributed by atoms with Crippen LogP contribution in [0.25, 0.3) is 0 Å². The molecule has 0 amide bonds. The standard InChI is InChI=1S/C12H25NO2/c1-9(2)7-13-8-10(3)11(14)15-12(4,5)6/h9-10,13H,7-8H2,1-6H3/t10-/m1/s1. The van der Waals surface area contributed by atoms with Gasteiger partial charge in [-0.15, -0.1) is 0 Å². The van der Waals surface area contributed by atoms with E-state index in [0.717, 1.165) is 6.54 Å². The summed E-state index contributed by atoms with van der Waals surface area (Å²) in [7, 11) is 0. The van der Waals surface area contributed by atoms with Crippen molar-refractivity contribution in [2.45, 2.75) is 47.1 Å². The number of nitrogens with one attached hydrogen (secondary N) is 1. The zero-order valence-corrected chi connectivity index (χ0v) is 10.9. The molecule has 0 aromatic heterocycles. The minimum absolute atomic E-state index is 0.0806. The molecular weight excluding hydrogens is 190 g/mol. The molecular formula is C12H25NO2. The van der Waals surface area contributed by atoms with E-state index in [-0.39, 0.29) is 17.5 Å². The van der Waals surface area contributed by atoms with Crippen molar-refractivity contribution in [2.75, 3.05) is 13.1 Å². The van der Waals surface area contributed by atoms with Crippen molar-refractivity contribution in [3.05, 3.63) is 0 Å². The van der Waals surface area contributed by atoms with Crippen molar-refractivity contribution in [3.8, 4) is 0 Å². The van der Waals surface area contributed by atoms with E-state index in [4.69, 9.17) is 4.74 Å². The molecule has 0 heterocycles. The van der Waals surface area contributed by atoms with Crippen LogP contribution in [0.2, 0.25) is 0 Å². The predicted molar refractivity (Wildman–Crippen MR) is 62.7 cm³/mol. The third-order valence-electron chi connectivity index (χ3n) is 1.81. The highest BCUT2D eigenvalue weighted by Crippen LogP contribution is 2.10. The van der Waals surface area contributed by atoms with Crippen LogP contribution in [0.4, 0.5) is 0 Å². The van der Waals surface area contributed by atoms with E-state index in [1.165, 1.54) is 0 Å². The van der Waals surface area contributed by atoms with Crippen molar-refractivity contribution >= 4 is 5.97 Å². The molecule has 0 unspecified atom stereocenters. The number of hydrogen-bond acceptors (Lipinski definition) is 3. The Bertz CT molecular complexity index is 194. The third-order valence-corrected chi connectivity index (χ3v) is 1.81. The molecule has 0 aliphatic heterocycles. The summed E-state index contributed by atoms with van der Waals surface area (Å²) in [6, 6.07) is 0. The summed E-state index contributed by atoms with van der Waals surface area (Å²) in [6.45, 7) is 13.5. The molecule has 0 aliphatic carbocycles. The van der Waals surface area contributed by atoms with Crippen LogP contribution in [0.3, 0.4) is 0 Å². The molecule has 1 atom stereocenters. The quantitative estimate of drug-likeness (QED) is 0.715. The highest BCUT2D eigenvalue weighted by Gasteiger charge is 2.21. The average molecular weight is 215 g/mol. The van der Waals surface area contributed by atoms with Crippen LogP contribution in [0.5, 0.6) is 0 Å². The average Bonchev–Trinajstić information content (AvgIpc) is 1.99. The van der Waals surface area contributed by atoms with Gasteiger partial charge in [0.15, 0.2) is 0 Å². The van der Waals surface area contributed by atoms with E-state index >= 15 is 0 Å². The number of esters is 1. The highest BCUT2D eigenvalue weighted by molar-refractivity contribution is 5.72. The Balaban J connectivity index is 3.80. The van der Waals surface area contributed by atoms with Gasteiger partial charge in [-0.25, -0.2) is 0 Å². The molecule has 0 aliphatic rings. The lowest BCUT2D eigenvalue weighted by Crippen LogP contribution is -2.34. The summed E-state index contributed by atoms with van der Waals surface area (Å²) in [5.41, 5.74) is -0.386. The molecule has 15 heavy (non-hydrogen) atoms. The first kappa shape index (κ1) is 14.4. The first-order valence-electron chi connectivity index (χ1n) is 5.66. The van der Waals surface area contributed by atoms with Gasteiger partial charge in [0.05, 0.1) is 5.92 Å². The minimum atomic E-state index is -0.386. The minimum Gasteiger partial charge on any atom is -0.460 e. The summed E-state index contributed by atoms with van der Waals surface area (Å²) >= 11 is 0. The highest BCUT2D eigenvalue weighted by atomic mass is 16.6. The summed E-state index contributed by atoms with van der Waals surface area (Å²) < 4.78 is 5.28. The molecule has 0 rings (SSSR count). The molecule has 0 bridgehead atoms. The fourth-order valence-corrected chi connectivity index (χ4v) is 1.07. The maximum atomic E-state index is 11.6. The second-order valence-electron chi connectivity index (χ2n) is 5.49. The van der Waals surface area contributed by atoms with Crippen molar-refractivity contribution in [2.24, 2.45) is 11.8 Å². The van der Waals surface area contributed by atoms with Crippen molar-refractivity contribution in [1.82, 2.24) is 5.32 Å². The number of rotatable bonds is 5. The molecule has 0 fully saturated rings. The van der Waals surface area contributed by atoms with Crippen LogP contribution in [-0.2, 0) is 9.53 Å². The number of carbonyl (C=O) groups is 1. The van der Waals surface area contributed by atoms with E-state index in [2.05, 4.69) is 19.2 Å². The Hall–Kier alpha value is -0.570. The first-order valence-corrected chi connectivity index (χ1v) is 5.66. The first-order chi connectivity index (χ1) is 6.72. The molecule has 0 saturated heterocycles. The van der Waals surface area contributed by atoms with Crippen LogP contribution in [-0.4, -0.2) is 24.7 Å². The molecule has 0 spiro atoms. The van der Waals surface area contributed by atoms with E-state index in [1.807, 2.05) is 27.7 Å². The lowest BCUT2D eigenvalue weighted by molar-refractivity contribution is -0.159. The van der Waals surface area contributed by atoms with Gasteiger partial charge >= 0.3 is 5.97 Å². The van der Waals surface area contributed by atoms with Crippen molar-refractivity contribution in [1.29, 1.82) is 0 Å². The summed E-state index contributed by atoms with van der Waals surface area (Å²) in [4.78, 5) is 11.6. The number of ether oxygens (including phenoxy) is 1. The Morgan fingerprint density at radius 1 is 1.20 bits per heavy atom. The van der Waals surface area contributed by atoms with Crippen molar-refractivity contribution in [3.63, 3.8) is 0 Å². The van der Waals surface area contributed by atoms with Gasteiger partial charge in [-0.1, -0.05) is 20.8 Å². The Kier molecular flexibility index (Phi) is 5.88. The van der Waals surface area contributed by atoms with E-state index in [0.29, 0.717) is 12.5 Å². The molecule has 1 N–H and O–H groups in total. The van der Waals surface area contributed by atoms with E-state index in [1.54, 1.807) is 0 Å². The molecule has 0 aromatic carbocycles. The van der Waals surface area contributed by atoms with E-state index < -0.39 is 0 Å². The van der Waals surface area contributed by atoms with Crippen LogP contribution >= 0.6 is 0 Å². The summed E-state index contributed by atoms with van der Waals surface area (Å²) in [6.07, 6.45) is 0. The monoisotopic (exact) mass is 215 g/mol. The number of hydrogen-bond donors (Lipinski definition) is 1. The maximum absolute atomic E-state index is 11.6. The van der Waals surface area contributed by atoms with Gasteiger partial charge in [0, 0.05) is 6.54 Å². The lowest BCUT2D eigenvalue weighted by Gasteiger charge is -2.22. The largest absolute Gasteiger partial charge is 0.460 e. The van der Waals surface area contributed by atoms with Gasteiger partial charge in [-0.05, 0) is 33.2 Å². The second kappa shape index (κ2) is 6.11. The molecule has 3 nitrogen and oxygen atoms in total. The van der Waals surface area contributed by atoms with Gasteiger partial charge in [0.25, 0.3) is 0 Å². The van der Waals surface area contributed by atoms with Crippen LogP contribution < -0.4 is 5.32 Å². The topological polar surface area (TPSA) is 38.3 Å². The number of carbonyl (C=O) groups excluding carboxylic acids is 1. The maximum Gasteiger partial charge on any atom is 0.310 e. The second-order valence-corrected chi connectivity index (χ2v) is 5.49. The van der Waals surface area contributed by atoms with Crippen LogP contribution in [0.1, 0.15) is 41.5 Å².